The molecule has 1 N–H and O–H groups in total. The molecule has 0 aliphatic carbocycles. The number of carbonyl (C=O) groups excluding carboxylic acids is 1. The lowest BCUT2D eigenvalue weighted by Gasteiger charge is -2.10. The van der Waals surface area contributed by atoms with Gasteiger partial charge >= 0.3 is 0 Å². The minimum Gasteiger partial charge on any atom is -0.491 e. The third kappa shape index (κ3) is 4.96. The number of hydrogen-bond donors (Lipinski definition) is 1. The largest absolute Gasteiger partial charge is 0.491 e. The maximum absolute atomic E-state index is 11.8. The second kappa shape index (κ2) is 7.92. The topological polar surface area (TPSA) is 62.1 Å². The number of nitrogens with one attached hydrogen (secondary N) is 1. The zero-order valence-electron chi connectivity index (χ0n) is 12.0. The average molecular weight is 327 g/mol. The molecule has 0 aliphatic rings. The van der Waals surface area contributed by atoms with Crippen molar-refractivity contribution in [3.05, 3.63) is 33.3 Å². The van der Waals surface area contributed by atoms with E-state index in [0.29, 0.717) is 28.0 Å². The van der Waals surface area contributed by atoms with Gasteiger partial charge in [0.05, 0.1) is 16.7 Å². The highest BCUT2D eigenvalue weighted by Crippen LogP contribution is 2.34. The number of ether oxygens (including phenoxy) is 1. The first-order chi connectivity index (χ1) is 9.88. The molecule has 0 aliphatic heterocycles. The summed E-state index contributed by atoms with van der Waals surface area (Å²) in [6.07, 6.45) is 1.44. The Morgan fingerprint density at radius 2 is 2.00 bits per heavy atom. The molecule has 0 spiro atoms. The van der Waals surface area contributed by atoms with Crippen LogP contribution < -0.4 is 10.1 Å². The summed E-state index contributed by atoms with van der Waals surface area (Å²) in [4.78, 5) is 11.8. The van der Waals surface area contributed by atoms with Crippen LogP contribution in [-0.4, -0.2) is 18.6 Å². The van der Waals surface area contributed by atoms with Crippen molar-refractivity contribution in [3.63, 3.8) is 0 Å². The van der Waals surface area contributed by atoms with Crippen molar-refractivity contribution in [1.82, 2.24) is 5.32 Å². The first-order valence-electron chi connectivity index (χ1n) is 6.43. The standard InChI is InChI=1S/C15H16Cl2N2O2/c1-4-21-14-12(16)6-10(7-13(14)17)5-11(8-18)15(20)19-9(2)3/h5-7,9H,4H2,1-3H3,(H,19,20)/b11-5-. The Morgan fingerprint density at radius 3 is 2.43 bits per heavy atom. The molecule has 0 saturated carbocycles. The second-order valence-electron chi connectivity index (χ2n) is 4.54. The van der Waals surface area contributed by atoms with Crippen LogP contribution in [0.3, 0.4) is 0 Å². The van der Waals surface area contributed by atoms with E-state index in [1.165, 1.54) is 6.08 Å². The fraction of sp³-hybridized carbons (Fsp3) is 0.333. The number of nitriles is 1. The maximum atomic E-state index is 11.8. The molecule has 1 amide bonds. The van der Waals surface area contributed by atoms with Crippen LogP contribution in [0.5, 0.6) is 5.75 Å². The lowest BCUT2D eigenvalue weighted by atomic mass is 10.1. The minimum atomic E-state index is -0.436. The first-order valence-corrected chi connectivity index (χ1v) is 7.19. The van der Waals surface area contributed by atoms with Gasteiger partial charge in [0.1, 0.15) is 11.6 Å². The van der Waals surface area contributed by atoms with E-state index in [1.54, 1.807) is 12.1 Å². The summed E-state index contributed by atoms with van der Waals surface area (Å²) in [5, 5.41) is 12.4. The zero-order chi connectivity index (χ0) is 16.0. The Balaban J connectivity index is 3.13. The lowest BCUT2D eigenvalue weighted by molar-refractivity contribution is -0.117. The molecule has 1 aromatic rings. The Morgan fingerprint density at radius 1 is 1.43 bits per heavy atom. The summed E-state index contributed by atoms with van der Waals surface area (Å²) in [5.41, 5.74) is 0.545. The highest BCUT2D eigenvalue weighted by atomic mass is 35.5. The van der Waals surface area contributed by atoms with Gasteiger partial charge in [-0.15, -0.1) is 0 Å². The summed E-state index contributed by atoms with van der Waals surface area (Å²) in [7, 11) is 0. The number of rotatable bonds is 5. The molecule has 0 atom stereocenters. The normalized spacial score (nSPS) is 11.2. The van der Waals surface area contributed by atoms with Crippen LogP contribution in [0.15, 0.2) is 17.7 Å². The fourth-order valence-electron chi connectivity index (χ4n) is 1.60. The third-order valence-corrected chi connectivity index (χ3v) is 2.97. The molecule has 0 radical (unpaired) electrons. The lowest BCUT2D eigenvalue weighted by Crippen LogP contribution is -2.30. The molecule has 21 heavy (non-hydrogen) atoms. The van der Waals surface area contributed by atoms with E-state index in [0.717, 1.165) is 0 Å². The molecular weight excluding hydrogens is 311 g/mol. The van der Waals surface area contributed by atoms with E-state index < -0.39 is 5.91 Å². The maximum Gasteiger partial charge on any atom is 0.262 e. The smallest absolute Gasteiger partial charge is 0.262 e. The fourth-order valence-corrected chi connectivity index (χ4v) is 2.21. The van der Waals surface area contributed by atoms with Crippen molar-refractivity contribution in [1.29, 1.82) is 5.26 Å². The Labute approximate surface area is 134 Å². The highest BCUT2D eigenvalue weighted by molar-refractivity contribution is 6.37. The van der Waals surface area contributed by atoms with Crippen molar-refractivity contribution in [2.24, 2.45) is 0 Å². The monoisotopic (exact) mass is 326 g/mol. The number of benzene rings is 1. The predicted octanol–water partition coefficient (Wildman–Crippen LogP) is 3.82. The first kappa shape index (κ1) is 17.4. The molecule has 0 unspecified atom stereocenters. The van der Waals surface area contributed by atoms with Gasteiger partial charge in [-0.25, -0.2) is 0 Å². The van der Waals surface area contributed by atoms with Gasteiger partial charge in [-0.2, -0.15) is 5.26 Å². The van der Waals surface area contributed by atoms with Crippen molar-refractivity contribution >= 4 is 35.2 Å². The molecule has 1 rings (SSSR count). The number of halogens is 2. The Hall–Kier alpha value is -1.70. The van der Waals surface area contributed by atoms with Crippen LogP contribution in [0.25, 0.3) is 6.08 Å². The summed E-state index contributed by atoms with van der Waals surface area (Å²) >= 11 is 12.2. The molecule has 0 bridgehead atoms. The number of hydrogen-bond acceptors (Lipinski definition) is 3. The molecule has 6 heteroatoms. The van der Waals surface area contributed by atoms with E-state index in [2.05, 4.69) is 5.32 Å². The third-order valence-electron chi connectivity index (χ3n) is 2.41. The van der Waals surface area contributed by atoms with Gasteiger partial charge < -0.3 is 10.1 Å². The van der Waals surface area contributed by atoms with Crippen LogP contribution in [0, 0.1) is 11.3 Å². The van der Waals surface area contributed by atoms with E-state index in [4.69, 9.17) is 33.2 Å². The number of amides is 1. The van der Waals surface area contributed by atoms with Crippen LogP contribution in [-0.2, 0) is 4.79 Å². The van der Waals surface area contributed by atoms with Crippen molar-refractivity contribution in [3.8, 4) is 11.8 Å². The van der Waals surface area contributed by atoms with Gasteiger partial charge in [0.25, 0.3) is 5.91 Å². The Kier molecular flexibility index (Phi) is 6.54. The van der Waals surface area contributed by atoms with Crippen LogP contribution in [0.4, 0.5) is 0 Å². The summed E-state index contributed by atoms with van der Waals surface area (Å²) in [6.45, 7) is 5.90. The minimum absolute atomic E-state index is 0.0139. The van der Waals surface area contributed by atoms with Gasteiger partial charge in [-0.1, -0.05) is 23.2 Å². The average Bonchev–Trinajstić information content (AvgIpc) is 2.39. The van der Waals surface area contributed by atoms with Gasteiger partial charge in [-0.3, -0.25) is 4.79 Å². The van der Waals surface area contributed by atoms with Crippen molar-refractivity contribution in [2.75, 3.05) is 6.61 Å². The molecule has 4 nitrogen and oxygen atoms in total. The predicted molar refractivity (Wildman–Crippen MR) is 84.5 cm³/mol. The van der Waals surface area contributed by atoms with E-state index in [1.807, 2.05) is 26.8 Å². The zero-order valence-corrected chi connectivity index (χ0v) is 13.5. The van der Waals surface area contributed by atoms with Crippen molar-refractivity contribution < 1.29 is 9.53 Å². The molecule has 1 aromatic carbocycles. The molecule has 0 aromatic heterocycles. The van der Waals surface area contributed by atoms with E-state index >= 15 is 0 Å². The molecule has 0 fully saturated rings. The van der Waals surface area contributed by atoms with Crippen molar-refractivity contribution in [2.45, 2.75) is 26.8 Å². The molecular formula is C15H16Cl2N2O2. The SMILES string of the molecule is CCOc1c(Cl)cc(/C=C(/C#N)C(=O)NC(C)C)cc1Cl. The van der Waals surface area contributed by atoms with E-state index in [9.17, 15) is 4.79 Å². The molecule has 0 heterocycles. The van der Waals surface area contributed by atoms with Gasteiger partial charge in [-0.05, 0) is 44.5 Å². The Bertz CT molecular complexity index is 581. The van der Waals surface area contributed by atoms with Crippen LogP contribution >= 0.6 is 23.2 Å². The van der Waals surface area contributed by atoms with E-state index in [-0.39, 0.29) is 11.6 Å². The summed E-state index contributed by atoms with van der Waals surface area (Å²) in [5.74, 6) is -0.0447. The van der Waals surface area contributed by atoms with Gasteiger partial charge in [0, 0.05) is 6.04 Å². The molecule has 112 valence electrons. The number of carbonyl (C=O) groups is 1. The quantitative estimate of drug-likeness (QED) is 0.660. The van der Waals surface area contributed by atoms with Crippen LogP contribution in [0.2, 0.25) is 10.0 Å². The van der Waals surface area contributed by atoms with Gasteiger partial charge in [0.2, 0.25) is 0 Å². The summed E-state index contributed by atoms with van der Waals surface area (Å²) < 4.78 is 5.32. The summed E-state index contributed by atoms with van der Waals surface area (Å²) in [6, 6.07) is 5.00. The highest BCUT2D eigenvalue weighted by Gasteiger charge is 2.12. The second-order valence-corrected chi connectivity index (χ2v) is 5.36. The van der Waals surface area contributed by atoms with Gasteiger partial charge in [0.15, 0.2) is 5.75 Å². The van der Waals surface area contributed by atoms with Crippen LogP contribution in [0.1, 0.15) is 26.3 Å². The molecule has 0 saturated heterocycles. The number of nitrogens with zero attached hydrogens (tertiary/aromatic N) is 1.